The van der Waals surface area contributed by atoms with Gasteiger partial charge in [0.2, 0.25) is 11.7 Å². The number of benzene rings is 1. The molecule has 6 rings (SSSR count). The van der Waals surface area contributed by atoms with Gasteiger partial charge in [0.05, 0.1) is 5.69 Å². The highest BCUT2D eigenvalue weighted by Crippen LogP contribution is 2.27. The molecule has 0 radical (unpaired) electrons. The van der Waals surface area contributed by atoms with Crippen LogP contribution in [0.2, 0.25) is 5.02 Å². The number of nitrogens with zero attached hydrogens (tertiary/aromatic N) is 6. The number of halogens is 1. The van der Waals surface area contributed by atoms with Gasteiger partial charge in [-0.25, -0.2) is 18.4 Å². The summed E-state index contributed by atoms with van der Waals surface area (Å²) in [6.45, 7) is 1.45. The van der Waals surface area contributed by atoms with Crippen LogP contribution in [-0.4, -0.2) is 93.0 Å². The van der Waals surface area contributed by atoms with Crippen LogP contribution in [0.15, 0.2) is 66.1 Å². The summed E-state index contributed by atoms with van der Waals surface area (Å²) >= 11 is 6.09. The maximum absolute atomic E-state index is 13.7. The smallest absolute Gasteiger partial charge is 0.291 e. The normalized spacial score (nSPS) is 18.4. The number of hydrogen-bond acceptors (Lipinski definition) is 7. The summed E-state index contributed by atoms with van der Waals surface area (Å²) in [4.78, 5) is 45.2. The van der Waals surface area contributed by atoms with Gasteiger partial charge in [0, 0.05) is 85.3 Å². The van der Waals surface area contributed by atoms with Gasteiger partial charge in [-0.1, -0.05) is 17.7 Å². The van der Waals surface area contributed by atoms with Crippen molar-refractivity contribution in [2.24, 2.45) is 0 Å². The van der Waals surface area contributed by atoms with Crippen molar-refractivity contribution in [3.8, 4) is 11.3 Å². The summed E-state index contributed by atoms with van der Waals surface area (Å²) in [5.74, 6) is -0.281. The van der Waals surface area contributed by atoms with E-state index in [1.807, 2.05) is 18.2 Å². The summed E-state index contributed by atoms with van der Waals surface area (Å²) in [7, 11) is -3.89. The number of carbonyl (C=O) groups is 2. The number of carbonyl (C=O) groups excluding carboxylic acids is 2. The molecule has 1 unspecified atom stereocenters. The van der Waals surface area contributed by atoms with Crippen molar-refractivity contribution in [1.82, 2.24) is 34.0 Å². The Hall–Kier alpha value is -3.87. The molecule has 2 aliphatic heterocycles. The van der Waals surface area contributed by atoms with Crippen molar-refractivity contribution in [2.75, 3.05) is 32.7 Å². The maximum Gasteiger partial charge on any atom is 0.291 e. The first-order valence-corrected chi connectivity index (χ1v) is 15.2. The van der Waals surface area contributed by atoms with Crippen molar-refractivity contribution in [2.45, 2.75) is 30.3 Å². The molecular formula is C28H28ClN7O4S. The molecule has 4 aromatic rings. The second kappa shape index (κ2) is 11.2. The molecule has 5 heterocycles. The van der Waals surface area contributed by atoms with Crippen molar-refractivity contribution in [3.05, 3.63) is 71.9 Å². The van der Waals surface area contributed by atoms with Crippen LogP contribution >= 0.6 is 11.6 Å². The third-order valence-electron chi connectivity index (χ3n) is 7.59. The first-order valence-electron chi connectivity index (χ1n) is 13.4. The summed E-state index contributed by atoms with van der Waals surface area (Å²) in [6.07, 6.45) is 6.52. The fourth-order valence-corrected chi connectivity index (χ4v) is 7.06. The summed E-state index contributed by atoms with van der Waals surface area (Å²) in [5, 5.41) is 1.27. The highest BCUT2D eigenvalue weighted by Gasteiger charge is 2.38. The Kier molecular flexibility index (Phi) is 7.45. The minimum absolute atomic E-state index is 0.0238. The molecule has 0 spiro atoms. The van der Waals surface area contributed by atoms with Gasteiger partial charge in [-0.15, -0.1) is 0 Å². The van der Waals surface area contributed by atoms with Crippen LogP contribution in [0.3, 0.4) is 0 Å². The zero-order valence-corrected chi connectivity index (χ0v) is 23.7. The largest absolute Gasteiger partial charge is 0.345 e. The molecule has 212 valence electrons. The molecule has 13 heteroatoms. The van der Waals surface area contributed by atoms with Crippen molar-refractivity contribution in [3.63, 3.8) is 0 Å². The molecule has 1 aromatic carbocycles. The molecule has 1 N–H and O–H groups in total. The van der Waals surface area contributed by atoms with E-state index in [1.165, 1.54) is 4.31 Å². The zero-order chi connectivity index (χ0) is 28.6. The molecule has 11 nitrogen and oxygen atoms in total. The van der Waals surface area contributed by atoms with E-state index in [0.29, 0.717) is 53.1 Å². The number of likely N-dealkylation sites (tertiary alicyclic amines) is 1. The van der Waals surface area contributed by atoms with Gasteiger partial charge in [0.1, 0.15) is 5.03 Å². The lowest BCUT2D eigenvalue weighted by Gasteiger charge is -2.40. The van der Waals surface area contributed by atoms with E-state index < -0.39 is 16.1 Å². The summed E-state index contributed by atoms with van der Waals surface area (Å²) < 4.78 is 28.8. The average molecular weight is 594 g/mol. The lowest BCUT2D eigenvalue weighted by Crippen LogP contribution is -2.57. The highest BCUT2D eigenvalue weighted by molar-refractivity contribution is 7.89. The Morgan fingerprint density at radius 2 is 1.88 bits per heavy atom. The Balaban J connectivity index is 1.24. The molecule has 2 amide bonds. The number of aromatic nitrogens is 4. The molecule has 41 heavy (non-hydrogen) atoms. The monoisotopic (exact) mass is 593 g/mol. The fraction of sp³-hybridized carbons (Fsp3) is 0.321. The summed E-state index contributed by atoms with van der Waals surface area (Å²) in [6, 6.07) is 11.7. The Morgan fingerprint density at radius 3 is 2.61 bits per heavy atom. The molecule has 2 fully saturated rings. The Morgan fingerprint density at radius 1 is 1.05 bits per heavy atom. The molecule has 0 aliphatic carbocycles. The lowest BCUT2D eigenvalue weighted by molar-refractivity contribution is -0.127. The van der Waals surface area contributed by atoms with Crippen molar-refractivity contribution in [1.29, 1.82) is 0 Å². The SMILES string of the molecule is O=C1CCCN1CCC1CN(S(=O)(=O)c2cc3cc(Cl)ccc3[nH]2)CCN1C(=O)c1ncc(-c2ccccn2)cn1. The van der Waals surface area contributed by atoms with Crippen LogP contribution in [0.4, 0.5) is 0 Å². The Bertz CT molecular complexity index is 1700. The molecule has 2 saturated heterocycles. The molecule has 2 aliphatic rings. The second-order valence-electron chi connectivity index (χ2n) is 10.2. The van der Waals surface area contributed by atoms with E-state index in [2.05, 4.69) is 19.9 Å². The molecule has 3 aromatic heterocycles. The number of H-pyrrole nitrogens is 1. The first-order chi connectivity index (χ1) is 19.8. The van der Waals surface area contributed by atoms with E-state index in [-0.39, 0.29) is 42.3 Å². The third-order valence-corrected chi connectivity index (χ3v) is 9.61. The van der Waals surface area contributed by atoms with Crippen molar-refractivity contribution < 1.29 is 18.0 Å². The number of nitrogens with one attached hydrogen (secondary N) is 1. The van der Waals surface area contributed by atoms with Gasteiger partial charge >= 0.3 is 0 Å². The van der Waals surface area contributed by atoms with Gasteiger partial charge in [0.15, 0.2) is 0 Å². The van der Waals surface area contributed by atoms with E-state index >= 15 is 0 Å². The van der Waals surface area contributed by atoms with E-state index in [0.717, 1.165) is 6.42 Å². The number of piperazine rings is 1. The van der Waals surface area contributed by atoms with E-state index in [9.17, 15) is 18.0 Å². The quantitative estimate of drug-likeness (QED) is 0.348. The molecule has 1 atom stereocenters. The van der Waals surface area contributed by atoms with Crippen LogP contribution in [0.25, 0.3) is 22.2 Å². The fourth-order valence-electron chi connectivity index (χ4n) is 5.39. The molecule has 0 bridgehead atoms. The molecule has 0 saturated carbocycles. The maximum atomic E-state index is 13.7. The van der Waals surface area contributed by atoms with Gasteiger partial charge in [-0.3, -0.25) is 14.6 Å². The van der Waals surface area contributed by atoms with Crippen LogP contribution < -0.4 is 0 Å². The lowest BCUT2D eigenvalue weighted by atomic mass is 10.1. The number of pyridine rings is 1. The Labute approximate surface area is 242 Å². The predicted octanol–water partition coefficient (Wildman–Crippen LogP) is 3.20. The van der Waals surface area contributed by atoms with E-state index in [4.69, 9.17) is 11.6 Å². The topological polar surface area (TPSA) is 132 Å². The van der Waals surface area contributed by atoms with Gasteiger partial charge in [-0.2, -0.15) is 4.31 Å². The zero-order valence-electron chi connectivity index (χ0n) is 22.1. The van der Waals surface area contributed by atoms with Crippen LogP contribution in [0, 0.1) is 0 Å². The van der Waals surface area contributed by atoms with Crippen LogP contribution in [-0.2, 0) is 14.8 Å². The number of hydrogen-bond donors (Lipinski definition) is 1. The number of sulfonamides is 1. The number of amides is 2. The first kappa shape index (κ1) is 27.3. The molecular weight excluding hydrogens is 566 g/mol. The van der Waals surface area contributed by atoms with Crippen LogP contribution in [0.5, 0.6) is 0 Å². The average Bonchev–Trinajstić information content (AvgIpc) is 3.62. The van der Waals surface area contributed by atoms with Gasteiger partial charge < -0.3 is 14.8 Å². The number of aromatic amines is 1. The van der Waals surface area contributed by atoms with E-state index in [1.54, 1.807) is 52.7 Å². The van der Waals surface area contributed by atoms with Gasteiger partial charge in [-0.05, 0) is 49.2 Å². The van der Waals surface area contributed by atoms with Gasteiger partial charge in [0.25, 0.3) is 15.9 Å². The standard InChI is InChI=1S/C28H28ClN7O4S/c29-21-6-7-24-19(14-21)15-25(33-24)41(39,40)35-12-13-36(22(18-35)8-11-34-10-3-5-26(34)37)28(38)27-31-16-20(17-32-27)23-4-1-2-9-30-23/h1-2,4,6-7,9,14-17,22,33H,3,5,8,10-13,18H2. The minimum atomic E-state index is -3.89. The number of fused-ring (bicyclic) bond motifs is 1. The second-order valence-corrected chi connectivity index (χ2v) is 12.5. The van der Waals surface area contributed by atoms with Crippen molar-refractivity contribution >= 4 is 44.3 Å². The highest BCUT2D eigenvalue weighted by atomic mass is 35.5. The predicted molar refractivity (Wildman–Crippen MR) is 153 cm³/mol. The van der Waals surface area contributed by atoms with Crippen LogP contribution in [0.1, 0.15) is 29.9 Å². The number of rotatable bonds is 7. The third kappa shape index (κ3) is 5.54. The summed E-state index contributed by atoms with van der Waals surface area (Å²) in [5.41, 5.74) is 2.04. The minimum Gasteiger partial charge on any atom is -0.345 e.